The highest BCUT2D eigenvalue weighted by Crippen LogP contribution is 2.28. The van der Waals surface area contributed by atoms with Crippen molar-refractivity contribution in [2.24, 2.45) is 0 Å². The normalized spacial score (nSPS) is 11.3. The van der Waals surface area contributed by atoms with E-state index in [9.17, 15) is 9.59 Å². The Morgan fingerprint density at radius 2 is 2.05 bits per heavy atom. The molecular weight excluding hydrogens is 272 g/mol. The first kappa shape index (κ1) is 14.6. The number of hydrogen-bond acceptors (Lipinski definition) is 4. The van der Waals surface area contributed by atoms with Gasteiger partial charge in [-0.1, -0.05) is 0 Å². The molecule has 0 spiro atoms. The van der Waals surface area contributed by atoms with Crippen LogP contribution < -0.4 is 10.1 Å². The molecule has 0 aliphatic carbocycles. The molecule has 0 radical (unpaired) electrons. The van der Waals surface area contributed by atoms with Gasteiger partial charge in [0, 0.05) is 35.8 Å². The van der Waals surface area contributed by atoms with E-state index in [-0.39, 0.29) is 11.5 Å². The third kappa shape index (κ3) is 3.05. The van der Waals surface area contributed by atoms with Crippen LogP contribution in [0.5, 0.6) is 5.75 Å². The lowest BCUT2D eigenvalue weighted by atomic mass is 10.1. The van der Waals surface area contributed by atoms with Gasteiger partial charge in [-0.25, -0.2) is 4.79 Å². The zero-order valence-corrected chi connectivity index (χ0v) is 12.0. The van der Waals surface area contributed by atoms with Gasteiger partial charge in [0.1, 0.15) is 5.75 Å². The summed E-state index contributed by atoms with van der Waals surface area (Å²) < 4.78 is 9.96. The Morgan fingerprint density at radius 1 is 1.29 bits per heavy atom. The summed E-state index contributed by atoms with van der Waals surface area (Å²) in [6, 6.07) is 5.48. The van der Waals surface area contributed by atoms with Gasteiger partial charge in [-0.3, -0.25) is 4.79 Å². The number of benzene rings is 1. The van der Waals surface area contributed by atoms with Crippen molar-refractivity contribution in [3.63, 3.8) is 0 Å². The molecule has 6 heteroatoms. The number of carbonyl (C=O) groups is 2. The minimum Gasteiger partial charge on any atom is -0.497 e. The van der Waals surface area contributed by atoms with Crippen LogP contribution in [0.1, 0.15) is 12.5 Å². The van der Waals surface area contributed by atoms with Crippen LogP contribution in [0, 0.1) is 0 Å². The van der Waals surface area contributed by atoms with E-state index in [0.29, 0.717) is 11.3 Å². The molecule has 0 saturated carbocycles. The summed E-state index contributed by atoms with van der Waals surface area (Å²) in [6.45, 7) is 1.36. The number of hydrogen-bond donors (Lipinski definition) is 2. The number of methoxy groups -OCH3 is 2. The number of amides is 1. The Bertz CT molecular complexity index is 716. The summed E-state index contributed by atoms with van der Waals surface area (Å²) in [5.74, 6) is -0.131. The van der Waals surface area contributed by atoms with Crippen LogP contribution in [0.15, 0.2) is 30.6 Å². The summed E-state index contributed by atoms with van der Waals surface area (Å²) in [6.07, 6.45) is 3.03. The van der Waals surface area contributed by atoms with E-state index in [1.54, 1.807) is 13.3 Å². The first-order valence-corrected chi connectivity index (χ1v) is 6.28. The van der Waals surface area contributed by atoms with E-state index in [0.717, 1.165) is 10.9 Å². The van der Waals surface area contributed by atoms with Gasteiger partial charge >= 0.3 is 5.97 Å². The van der Waals surface area contributed by atoms with Crippen LogP contribution in [0.25, 0.3) is 16.5 Å². The smallest absolute Gasteiger partial charge is 0.340 e. The van der Waals surface area contributed by atoms with E-state index >= 15 is 0 Å². The van der Waals surface area contributed by atoms with Gasteiger partial charge < -0.3 is 19.8 Å². The van der Waals surface area contributed by atoms with Crippen molar-refractivity contribution in [2.75, 3.05) is 14.2 Å². The molecule has 2 rings (SSSR count). The third-order valence-corrected chi connectivity index (χ3v) is 3.00. The number of ether oxygens (including phenoxy) is 2. The van der Waals surface area contributed by atoms with Crippen LogP contribution in [-0.2, 0) is 14.3 Å². The second kappa shape index (κ2) is 6.13. The Balaban J connectivity index is 2.56. The lowest BCUT2D eigenvalue weighted by molar-refractivity contribution is -0.133. The molecule has 1 aromatic carbocycles. The van der Waals surface area contributed by atoms with Crippen LogP contribution in [0.3, 0.4) is 0 Å². The molecule has 1 amide bonds. The molecule has 0 bridgehead atoms. The summed E-state index contributed by atoms with van der Waals surface area (Å²) >= 11 is 0. The number of carbonyl (C=O) groups excluding carboxylic acids is 2. The third-order valence-electron chi connectivity index (χ3n) is 3.00. The molecule has 2 aromatic rings. The summed E-state index contributed by atoms with van der Waals surface area (Å²) in [5.41, 5.74) is 1.74. The second-order valence-electron chi connectivity index (χ2n) is 4.36. The van der Waals surface area contributed by atoms with Crippen molar-refractivity contribution in [2.45, 2.75) is 6.92 Å². The lowest BCUT2D eigenvalue weighted by Gasteiger charge is -2.06. The second-order valence-corrected chi connectivity index (χ2v) is 4.36. The average molecular weight is 288 g/mol. The minimum absolute atomic E-state index is 0.257. The summed E-state index contributed by atoms with van der Waals surface area (Å²) in [5, 5.41) is 3.30. The Kier molecular flexibility index (Phi) is 4.27. The highest BCUT2D eigenvalue weighted by Gasteiger charge is 2.17. The van der Waals surface area contributed by atoms with Crippen molar-refractivity contribution in [3.8, 4) is 5.75 Å². The SMILES string of the molecule is COC(=O)/C(=C/NC(C)=O)c1c[nH]c2ccc(OC)cc12. The van der Waals surface area contributed by atoms with Crippen molar-refractivity contribution >= 4 is 28.4 Å². The number of aromatic amines is 1. The zero-order chi connectivity index (χ0) is 15.4. The Hall–Kier alpha value is -2.76. The first-order valence-electron chi connectivity index (χ1n) is 6.28. The molecule has 0 atom stereocenters. The molecule has 0 unspecified atom stereocenters. The molecule has 110 valence electrons. The van der Waals surface area contributed by atoms with Gasteiger partial charge in [-0.15, -0.1) is 0 Å². The maximum absolute atomic E-state index is 11.9. The largest absolute Gasteiger partial charge is 0.497 e. The topological polar surface area (TPSA) is 80.4 Å². The monoisotopic (exact) mass is 288 g/mol. The Morgan fingerprint density at radius 3 is 2.67 bits per heavy atom. The van der Waals surface area contributed by atoms with E-state index in [4.69, 9.17) is 9.47 Å². The van der Waals surface area contributed by atoms with Gasteiger partial charge in [0.2, 0.25) is 5.91 Å². The van der Waals surface area contributed by atoms with E-state index in [2.05, 4.69) is 10.3 Å². The first-order chi connectivity index (χ1) is 10.1. The number of aromatic nitrogens is 1. The Labute approximate surface area is 121 Å². The van der Waals surface area contributed by atoms with Crippen LogP contribution in [-0.4, -0.2) is 31.1 Å². The van der Waals surface area contributed by atoms with Crippen molar-refractivity contribution < 1.29 is 19.1 Å². The van der Waals surface area contributed by atoms with E-state index < -0.39 is 5.97 Å². The molecule has 0 fully saturated rings. The number of fused-ring (bicyclic) bond motifs is 1. The standard InChI is InChI=1S/C15H16N2O4/c1-9(18)16-8-13(15(19)21-3)12-7-17-14-5-4-10(20-2)6-11(12)14/h4-8,17H,1-3H3,(H,16,18)/b13-8+. The van der Waals surface area contributed by atoms with Crippen molar-refractivity contribution in [1.82, 2.24) is 10.3 Å². The highest BCUT2D eigenvalue weighted by atomic mass is 16.5. The quantitative estimate of drug-likeness (QED) is 0.664. The van der Waals surface area contributed by atoms with Crippen LogP contribution in [0.4, 0.5) is 0 Å². The predicted molar refractivity (Wildman–Crippen MR) is 78.7 cm³/mol. The fourth-order valence-electron chi connectivity index (χ4n) is 1.98. The van der Waals surface area contributed by atoms with Gasteiger partial charge in [0.25, 0.3) is 0 Å². The maximum atomic E-state index is 11.9. The average Bonchev–Trinajstić information content (AvgIpc) is 2.89. The molecule has 0 aliphatic heterocycles. The van der Waals surface area contributed by atoms with Gasteiger partial charge in [-0.2, -0.15) is 0 Å². The van der Waals surface area contributed by atoms with Gasteiger partial charge in [0.05, 0.1) is 19.8 Å². The fraction of sp³-hybridized carbons (Fsp3) is 0.200. The van der Waals surface area contributed by atoms with Crippen LogP contribution in [0.2, 0.25) is 0 Å². The van der Waals surface area contributed by atoms with Gasteiger partial charge in [-0.05, 0) is 18.2 Å². The molecule has 1 aromatic heterocycles. The molecule has 2 N–H and O–H groups in total. The van der Waals surface area contributed by atoms with E-state index in [1.807, 2.05) is 18.2 Å². The number of H-pyrrole nitrogens is 1. The number of nitrogens with one attached hydrogen (secondary N) is 2. The summed E-state index contributed by atoms with van der Waals surface area (Å²) in [4.78, 5) is 26.1. The van der Waals surface area contributed by atoms with Crippen LogP contribution >= 0.6 is 0 Å². The minimum atomic E-state index is -0.535. The molecule has 0 aliphatic rings. The molecule has 6 nitrogen and oxygen atoms in total. The van der Waals surface area contributed by atoms with Crippen molar-refractivity contribution in [1.29, 1.82) is 0 Å². The lowest BCUT2D eigenvalue weighted by Crippen LogP contribution is -2.15. The highest BCUT2D eigenvalue weighted by molar-refractivity contribution is 6.20. The predicted octanol–water partition coefficient (Wildman–Crippen LogP) is 1.83. The number of esters is 1. The van der Waals surface area contributed by atoms with Crippen molar-refractivity contribution in [3.05, 3.63) is 36.2 Å². The van der Waals surface area contributed by atoms with Gasteiger partial charge in [0.15, 0.2) is 0 Å². The van der Waals surface area contributed by atoms with E-state index in [1.165, 1.54) is 20.2 Å². The maximum Gasteiger partial charge on any atom is 0.340 e. The molecule has 0 saturated heterocycles. The summed E-state index contributed by atoms with van der Waals surface area (Å²) in [7, 11) is 2.86. The molecule has 21 heavy (non-hydrogen) atoms. The zero-order valence-electron chi connectivity index (χ0n) is 12.0. The fourth-order valence-corrected chi connectivity index (χ4v) is 1.98. The molecular formula is C15H16N2O4. The number of rotatable bonds is 4. The molecule has 1 heterocycles.